The highest BCUT2D eigenvalue weighted by Gasteiger charge is 2.47. The van der Waals surface area contributed by atoms with Gasteiger partial charge in [-0.3, -0.25) is 9.79 Å². The molecule has 1 amide bonds. The Labute approximate surface area is 126 Å². The molecule has 2 aliphatic carbocycles. The van der Waals surface area contributed by atoms with E-state index in [9.17, 15) is 13.2 Å². The fourth-order valence-electron chi connectivity index (χ4n) is 3.27. The summed E-state index contributed by atoms with van der Waals surface area (Å²) in [5.41, 5.74) is -0.252. The number of aliphatic imine (C=N–C) groups is 1. The van der Waals surface area contributed by atoms with Gasteiger partial charge in [0.05, 0.1) is 17.2 Å². The number of amidine groups is 1. The quantitative estimate of drug-likeness (QED) is 0.840. The topological polar surface area (TPSA) is 78.8 Å². The third-order valence-corrected chi connectivity index (χ3v) is 7.16. The molecule has 0 bridgehead atoms. The highest BCUT2D eigenvalue weighted by Crippen LogP contribution is 2.38. The average molecular weight is 313 g/mol. The number of sulfonamides is 1. The minimum absolute atomic E-state index is 0.00466. The van der Waals surface area contributed by atoms with Crippen molar-refractivity contribution >= 4 is 21.8 Å². The van der Waals surface area contributed by atoms with Crippen molar-refractivity contribution in [3.8, 4) is 0 Å². The van der Waals surface area contributed by atoms with Crippen molar-refractivity contribution in [1.29, 1.82) is 0 Å². The second-order valence-electron chi connectivity index (χ2n) is 6.89. The predicted octanol–water partition coefficient (Wildman–Crippen LogP) is 0.886. The van der Waals surface area contributed by atoms with E-state index in [1.807, 2.05) is 13.8 Å². The van der Waals surface area contributed by atoms with Gasteiger partial charge >= 0.3 is 0 Å². The van der Waals surface area contributed by atoms with Crippen LogP contribution in [0.1, 0.15) is 46.0 Å². The fraction of sp³-hybridized carbons (Fsp3) is 0.857. The summed E-state index contributed by atoms with van der Waals surface area (Å²) in [4.78, 5) is 18.5. The van der Waals surface area contributed by atoms with Gasteiger partial charge in [0.15, 0.2) is 0 Å². The summed E-state index contributed by atoms with van der Waals surface area (Å²) in [6.45, 7) is 3.76. The molecule has 6 nitrogen and oxygen atoms in total. The van der Waals surface area contributed by atoms with Gasteiger partial charge < -0.3 is 4.90 Å². The Hall–Kier alpha value is -0.950. The highest BCUT2D eigenvalue weighted by atomic mass is 32.2. The second-order valence-corrected chi connectivity index (χ2v) is 8.85. The van der Waals surface area contributed by atoms with Crippen molar-refractivity contribution in [3.63, 3.8) is 0 Å². The third kappa shape index (κ3) is 2.73. The Kier molecular flexibility index (Phi) is 3.40. The molecule has 118 valence electrons. The van der Waals surface area contributed by atoms with Crippen LogP contribution >= 0.6 is 0 Å². The molecule has 1 N–H and O–H groups in total. The minimum atomic E-state index is -3.35. The van der Waals surface area contributed by atoms with E-state index in [0.29, 0.717) is 19.3 Å². The molecule has 3 unspecified atom stereocenters. The lowest BCUT2D eigenvalue weighted by atomic mass is 9.82. The molecule has 1 heterocycles. The molecule has 0 saturated heterocycles. The van der Waals surface area contributed by atoms with E-state index in [0.717, 1.165) is 18.7 Å². The van der Waals surface area contributed by atoms with E-state index >= 15 is 0 Å². The number of amides is 1. The number of carbonyl (C=O) groups excluding carboxylic acids is 1. The van der Waals surface area contributed by atoms with Crippen LogP contribution in [-0.2, 0) is 14.8 Å². The summed E-state index contributed by atoms with van der Waals surface area (Å²) in [5.74, 6) is 0.442. The Morgan fingerprint density at radius 1 is 1.33 bits per heavy atom. The normalized spacial score (nSPS) is 35.2. The van der Waals surface area contributed by atoms with Crippen LogP contribution in [0.25, 0.3) is 0 Å². The monoisotopic (exact) mass is 313 g/mol. The number of hydrogen-bond acceptors (Lipinski definition) is 4. The number of carbonyl (C=O) groups is 1. The summed E-state index contributed by atoms with van der Waals surface area (Å²) in [5, 5.41) is -0.470. The Balaban J connectivity index is 1.76. The van der Waals surface area contributed by atoms with Crippen LogP contribution in [0.15, 0.2) is 4.99 Å². The zero-order valence-electron chi connectivity index (χ0n) is 12.8. The molecule has 1 aliphatic heterocycles. The largest absolute Gasteiger partial charge is 0.304 e. The molecule has 2 fully saturated rings. The van der Waals surface area contributed by atoms with Gasteiger partial charge in [-0.25, -0.2) is 13.1 Å². The summed E-state index contributed by atoms with van der Waals surface area (Å²) in [6, 6.07) is -0.0448. The lowest BCUT2D eigenvalue weighted by Crippen LogP contribution is -2.52. The van der Waals surface area contributed by atoms with Gasteiger partial charge in [-0.1, -0.05) is 0 Å². The number of nitrogens with zero attached hydrogens (tertiary/aromatic N) is 2. The summed E-state index contributed by atoms with van der Waals surface area (Å²) >= 11 is 0. The number of fused-ring (bicyclic) bond motifs is 1. The second kappa shape index (κ2) is 4.78. The van der Waals surface area contributed by atoms with Crippen LogP contribution in [0.5, 0.6) is 0 Å². The van der Waals surface area contributed by atoms with E-state index < -0.39 is 15.3 Å². The molecule has 0 aromatic heterocycles. The van der Waals surface area contributed by atoms with Crippen LogP contribution in [0.4, 0.5) is 0 Å². The van der Waals surface area contributed by atoms with E-state index in [-0.39, 0.29) is 23.4 Å². The Bertz CT molecular complexity index is 595. The maximum Gasteiger partial charge on any atom is 0.232 e. The first-order valence-electron chi connectivity index (χ1n) is 7.57. The van der Waals surface area contributed by atoms with Crippen LogP contribution in [-0.4, -0.2) is 48.9 Å². The molecule has 7 heteroatoms. The highest BCUT2D eigenvalue weighted by molar-refractivity contribution is 7.90. The van der Waals surface area contributed by atoms with Crippen molar-refractivity contribution in [2.24, 2.45) is 10.9 Å². The van der Waals surface area contributed by atoms with Crippen molar-refractivity contribution < 1.29 is 13.2 Å². The van der Waals surface area contributed by atoms with E-state index in [2.05, 4.69) is 9.71 Å². The van der Waals surface area contributed by atoms with Gasteiger partial charge in [-0.15, -0.1) is 0 Å². The standard InChI is InChI=1S/C14H23N3O3S/c1-9-15-12-5-4-10(8-11(12)13(18)17(9)3)21(19,20)16-14(2)6-7-14/h10-12,16H,4-8H2,1-3H3. The van der Waals surface area contributed by atoms with Crippen LogP contribution in [0.2, 0.25) is 0 Å². The first-order chi connectivity index (χ1) is 9.72. The summed E-state index contributed by atoms with van der Waals surface area (Å²) in [6.07, 6.45) is 3.44. The van der Waals surface area contributed by atoms with Crippen molar-refractivity contribution in [2.75, 3.05) is 7.05 Å². The van der Waals surface area contributed by atoms with Gasteiger partial charge in [-0.05, 0) is 46.0 Å². The molecule has 0 spiro atoms. The van der Waals surface area contributed by atoms with E-state index in [4.69, 9.17) is 0 Å². The molecule has 21 heavy (non-hydrogen) atoms. The van der Waals surface area contributed by atoms with Crippen molar-refractivity contribution in [3.05, 3.63) is 0 Å². The number of nitrogens with one attached hydrogen (secondary N) is 1. The molecular formula is C14H23N3O3S. The fourth-order valence-corrected chi connectivity index (χ4v) is 5.23. The molecule has 0 radical (unpaired) electrons. The van der Waals surface area contributed by atoms with Crippen molar-refractivity contribution in [2.45, 2.75) is 62.8 Å². The Morgan fingerprint density at radius 3 is 2.62 bits per heavy atom. The van der Waals surface area contributed by atoms with Gasteiger partial charge in [0, 0.05) is 12.6 Å². The van der Waals surface area contributed by atoms with Crippen LogP contribution in [0, 0.1) is 5.92 Å². The summed E-state index contributed by atoms with van der Waals surface area (Å²) in [7, 11) is -1.65. The van der Waals surface area contributed by atoms with E-state index in [1.54, 1.807) is 11.9 Å². The maximum absolute atomic E-state index is 12.5. The minimum Gasteiger partial charge on any atom is -0.304 e. The first kappa shape index (κ1) is 15.0. The SMILES string of the molecule is CC1=NC2CCC(S(=O)(=O)NC3(C)CC3)CC2C(=O)N1C. The predicted molar refractivity (Wildman–Crippen MR) is 80.5 cm³/mol. The molecule has 3 atom stereocenters. The van der Waals surface area contributed by atoms with Gasteiger partial charge in [0.2, 0.25) is 15.9 Å². The van der Waals surface area contributed by atoms with Crippen LogP contribution < -0.4 is 4.72 Å². The Morgan fingerprint density at radius 2 is 2.00 bits per heavy atom. The summed E-state index contributed by atoms with van der Waals surface area (Å²) < 4.78 is 27.8. The first-order valence-corrected chi connectivity index (χ1v) is 9.11. The lowest BCUT2D eigenvalue weighted by molar-refractivity contribution is -0.133. The van der Waals surface area contributed by atoms with Gasteiger partial charge in [0.25, 0.3) is 0 Å². The molecule has 3 rings (SSSR count). The van der Waals surface area contributed by atoms with Gasteiger partial charge in [0.1, 0.15) is 5.84 Å². The van der Waals surface area contributed by atoms with Crippen LogP contribution in [0.3, 0.4) is 0 Å². The van der Waals surface area contributed by atoms with E-state index in [1.165, 1.54) is 0 Å². The lowest BCUT2D eigenvalue weighted by Gasteiger charge is -2.39. The zero-order valence-corrected chi connectivity index (χ0v) is 13.6. The number of hydrogen-bond donors (Lipinski definition) is 1. The maximum atomic E-state index is 12.5. The molecule has 3 aliphatic rings. The van der Waals surface area contributed by atoms with Crippen molar-refractivity contribution in [1.82, 2.24) is 9.62 Å². The average Bonchev–Trinajstić information content (AvgIpc) is 3.12. The third-order valence-electron chi connectivity index (χ3n) is 5.08. The van der Waals surface area contributed by atoms with Gasteiger partial charge in [-0.2, -0.15) is 0 Å². The molecular weight excluding hydrogens is 290 g/mol. The molecule has 0 aromatic rings. The smallest absolute Gasteiger partial charge is 0.232 e. The molecule has 2 saturated carbocycles. The molecule has 0 aromatic carbocycles. The number of rotatable bonds is 3. The zero-order chi connectivity index (χ0) is 15.4.